The van der Waals surface area contributed by atoms with Crippen molar-refractivity contribution in [3.05, 3.63) is 60.8 Å². The Morgan fingerprint density at radius 2 is 0.500 bits per heavy atom. The van der Waals surface area contributed by atoms with Crippen LogP contribution in [-0.4, -0.2) is 37.2 Å². The molecule has 0 aliphatic heterocycles. The van der Waals surface area contributed by atoms with E-state index in [1.54, 1.807) is 0 Å². The largest absolute Gasteiger partial charge is 0.462 e. The number of rotatable bonds is 57. The molecule has 0 aromatic rings. The highest BCUT2D eigenvalue weighted by Crippen LogP contribution is 2.16. The molecule has 0 fully saturated rings. The lowest BCUT2D eigenvalue weighted by atomic mass is 10.0. The van der Waals surface area contributed by atoms with E-state index in [9.17, 15) is 14.4 Å². The van der Waals surface area contributed by atoms with Crippen molar-refractivity contribution >= 4 is 17.9 Å². The van der Waals surface area contributed by atoms with Crippen LogP contribution in [0.2, 0.25) is 0 Å². The zero-order chi connectivity index (χ0) is 52.2. The van der Waals surface area contributed by atoms with Crippen LogP contribution in [0.1, 0.15) is 323 Å². The Bertz CT molecular complexity index is 1290. The van der Waals surface area contributed by atoms with Crippen molar-refractivity contribution in [1.29, 1.82) is 0 Å². The second-order valence-corrected chi connectivity index (χ2v) is 21.0. The Morgan fingerprint density at radius 1 is 0.278 bits per heavy atom. The van der Waals surface area contributed by atoms with E-state index in [1.807, 2.05) is 0 Å². The van der Waals surface area contributed by atoms with Gasteiger partial charge in [0, 0.05) is 19.3 Å². The van der Waals surface area contributed by atoms with Crippen molar-refractivity contribution in [3.8, 4) is 0 Å². The molecular formula is C66H118O6. The molecule has 6 nitrogen and oxygen atoms in total. The average Bonchev–Trinajstić information content (AvgIpc) is 3.38. The molecule has 1 unspecified atom stereocenters. The van der Waals surface area contributed by atoms with Crippen LogP contribution in [0, 0.1) is 0 Å². The summed E-state index contributed by atoms with van der Waals surface area (Å²) in [5.41, 5.74) is 0. The number of allylic oxidation sites excluding steroid dienone is 10. The van der Waals surface area contributed by atoms with E-state index in [0.717, 1.165) is 77.0 Å². The number of hydrogen-bond donors (Lipinski definition) is 0. The summed E-state index contributed by atoms with van der Waals surface area (Å²) in [6, 6.07) is 0. The Balaban J connectivity index is 4.30. The predicted octanol–water partition coefficient (Wildman–Crippen LogP) is 21.2. The van der Waals surface area contributed by atoms with Crippen LogP contribution in [0.4, 0.5) is 0 Å². The van der Waals surface area contributed by atoms with Gasteiger partial charge in [-0.25, -0.2) is 0 Å². The number of esters is 3. The van der Waals surface area contributed by atoms with Gasteiger partial charge in [-0.15, -0.1) is 0 Å². The maximum Gasteiger partial charge on any atom is 0.306 e. The third-order valence-electron chi connectivity index (χ3n) is 13.7. The van der Waals surface area contributed by atoms with Gasteiger partial charge >= 0.3 is 17.9 Å². The molecule has 418 valence electrons. The summed E-state index contributed by atoms with van der Waals surface area (Å²) in [7, 11) is 0. The maximum absolute atomic E-state index is 12.9. The lowest BCUT2D eigenvalue weighted by molar-refractivity contribution is -0.167. The second-order valence-electron chi connectivity index (χ2n) is 21.0. The van der Waals surface area contributed by atoms with E-state index >= 15 is 0 Å². The Hall–Kier alpha value is -2.89. The molecule has 1 atom stereocenters. The molecule has 0 radical (unpaired) electrons. The monoisotopic (exact) mass is 1010 g/mol. The molecule has 0 saturated carbocycles. The van der Waals surface area contributed by atoms with Crippen molar-refractivity contribution in [2.75, 3.05) is 13.2 Å². The minimum Gasteiger partial charge on any atom is -0.462 e. The lowest BCUT2D eigenvalue weighted by Crippen LogP contribution is -2.30. The third kappa shape index (κ3) is 58.0. The fraction of sp³-hybridized carbons (Fsp3) is 0.803. The summed E-state index contributed by atoms with van der Waals surface area (Å²) < 4.78 is 16.9. The first-order chi connectivity index (χ1) is 35.5. The zero-order valence-electron chi connectivity index (χ0n) is 47.9. The molecule has 6 heteroatoms. The number of carbonyl (C=O) groups excluding carboxylic acids is 3. The van der Waals surface area contributed by atoms with Gasteiger partial charge in [0.25, 0.3) is 0 Å². The van der Waals surface area contributed by atoms with Crippen molar-refractivity contribution in [2.45, 2.75) is 329 Å². The molecule has 0 N–H and O–H groups in total. The van der Waals surface area contributed by atoms with Gasteiger partial charge in [0.05, 0.1) is 0 Å². The summed E-state index contributed by atoms with van der Waals surface area (Å²) in [6.45, 7) is 6.60. The summed E-state index contributed by atoms with van der Waals surface area (Å²) in [5.74, 6) is -0.879. The van der Waals surface area contributed by atoms with Crippen LogP contribution in [0.15, 0.2) is 60.8 Å². The highest BCUT2D eigenvalue weighted by Gasteiger charge is 2.19. The van der Waals surface area contributed by atoms with Gasteiger partial charge < -0.3 is 14.2 Å². The standard InChI is InChI=1S/C66H118O6/c1-4-7-10-13-16-19-22-25-27-29-31-32-33-34-36-37-39-41-44-47-50-53-56-59-65(68)71-62-63(61-70-64(67)58-55-52-49-46-43-24-21-18-15-12-9-6-3)72-66(69)60-57-54-51-48-45-42-40-38-35-30-28-26-23-20-17-14-11-8-5-2/h17-18,20-22,25-26,28-29,31,63H,4-16,19,23-24,27,30,32-62H2,1-3H3/b20-17-,21-18-,25-22-,28-26-,31-29-. The number of carbonyl (C=O) groups is 3. The molecule has 0 amide bonds. The highest BCUT2D eigenvalue weighted by molar-refractivity contribution is 5.71. The Labute approximate surface area is 447 Å². The molecule has 0 aliphatic carbocycles. The smallest absolute Gasteiger partial charge is 0.306 e. The average molecular weight is 1010 g/mol. The fourth-order valence-electron chi connectivity index (χ4n) is 8.97. The summed E-state index contributed by atoms with van der Waals surface area (Å²) >= 11 is 0. The van der Waals surface area contributed by atoms with Crippen molar-refractivity contribution < 1.29 is 28.6 Å². The van der Waals surface area contributed by atoms with Crippen LogP contribution in [0.5, 0.6) is 0 Å². The van der Waals surface area contributed by atoms with Crippen LogP contribution < -0.4 is 0 Å². The summed E-state index contributed by atoms with van der Waals surface area (Å²) in [4.78, 5) is 38.2. The SMILES string of the molecule is CCCCC/C=C\C/C=C\CCCCCCCCCCCC(=O)OC(COC(=O)CCCCCCC/C=C\CCCCC)COC(=O)CCCCCCCCCCCCC/C=C\C/C=C\CCCCCCC. The first-order valence-corrected chi connectivity index (χ1v) is 31.3. The minimum atomic E-state index is -0.781. The zero-order valence-corrected chi connectivity index (χ0v) is 47.9. The van der Waals surface area contributed by atoms with E-state index in [-0.39, 0.29) is 31.1 Å². The molecular weight excluding hydrogens is 889 g/mol. The highest BCUT2D eigenvalue weighted by atomic mass is 16.6. The molecule has 0 bridgehead atoms. The summed E-state index contributed by atoms with van der Waals surface area (Å²) in [5, 5.41) is 0. The molecule has 0 spiro atoms. The van der Waals surface area contributed by atoms with Crippen LogP contribution in [0.25, 0.3) is 0 Å². The van der Waals surface area contributed by atoms with E-state index in [1.165, 1.54) is 205 Å². The van der Waals surface area contributed by atoms with Gasteiger partial charge in [-0.05, 0) is 109 Å². The van der Waals surface area contributed by atoms with E-state index < -0.39 is 6.10 Å². The van der Waals surface area contributed by atoms with Crippen LogP contribution in [0.3, 0.4) is 0 Å². The maximum atomic E-state index is 12.9. The van der Waals surface area contributed by atoms with Crippen LogP contribution in [-0.2, 0) is 28.6 Å². The van der Waals surface area contributed by atoms with Gasteiger partial charge in [-0.3, -0.25) is 14.4 Å². The normalized spacial score (nSPS) is 12.4. The minimum absolute atomic E-state index is 0.0780. The first-order valence-electron chi connectivity index (χ1n) is 31.3. The number of ether oxygens (including phenoxy) is 3. The molecule has 0 aromatic heterocycles. The first kappa shape index (κ1) is 69.1. The molecule has 0 rings (SSSR count). The van der Waals surface area contributed by atoms with Crippen molar-refractivity contribution in [1.82, 2.24) is 0 Å². The fourth-order valence-corrected chi connectivity index (χ4v) is 8.97. The quantitative estimate of drug-likeness (QED) is 0.0261. The van der Waals surface area contributed by atoms with Gasteiger partial charge in [0.15, 0.2) is 6.10 Å². The van der Waals surface area contributed by atoms with Gasteiger partial charge in [-0.1, -0.05) is 255 Å². The lowest BCUT2D eigenvalue weighted by Gasteiger charge is -2.18. The van der Waals surface area contributed by atoms with Crippen molar-refractivity contribution in [2.24, 2.45) is 0 Å². The molecule has 0 saturated heterocycles. The van der Waals surface area contributed by atoms with Crippen molar-refractivity contribution in [3.63, 3.8) is 0 Å². The van der Waals surface area contributed by atoms with E-state index in [0.29, 0.717) is 19.3 Å². The van der Waals surface area contributed by atoms with E-state index in [2.05, 4.69) is 81.5 Å². The predicted molar refractivity (Wildman–Crippen MR) is 312 cm³/mol. The molecule has 72 heavy (non-hydrogen) atoms. The molecule has 0 aliphatic rings. The Kier molecular flexibility index (Phi) is 58.2. The molecule has 0 aromatic carbocycles. The molecule has 0 heterocycles. The van der Waals surface area contributed by atoms with Crippen LogP contribution >= 0.6 is 0 Å². The van der Waals surface area contributed by atoms with E-state index in [4.69, 9.17) is 14.2 Å². The number of hydrogen-bond acceptors (Lipinski definition) is 6. The van der Waals surface area contributed by atoms with Gasteiger partial charge in [0.1, 0.15) is 13.2 Å². The van der Waals surface area contributed by atoms with Gasteiger partial charge in [0.2, 0.25) is 0 Å². The third-order valence-corrected chi connectivity index (χ3v) is 13.7. The summed E-state index contributed by atoms with van der Waals surface area (Å²) in [6.07, 6.45) is 76.5. The number of unbranched alkanes of at least 4 members (excludes halogenated alkanes) is 36. The Morgan fingerprint density at radius 3 is 0.806 bits per heavy atom. The second kappa shape index (κ2) is 60.7. The van der Waals surface area contributed by atoms with Gasteiger partial charge in [-0.2, -0.15) is 0 Å². The topological polar surface area (TPSA) is 78.9 Å².